The Morgan fingerprint density at radius 2 is 1.06 bits per heavy atom. The van der Waals surface area contributed by atoms with Crippen molar-refractivity contribution in [2.24, 2.45) is 5.41 Å². The van der Waals surface area contributed by atoms with Gasteiger partial charge in [0, 0.05) is 0 Å². The normalized spacial score (nSPS) is 8.53. The average Bonchev–Trinajstić information content (AvgIpc) is 2.20. The molecule has 102 valence electrons. The zero-order valence-corrected chi connectivity index (χ0v) is 13.6. The molecule has 0 heterocycles. The first-order chi connectivity index (χ1) is 7.81. The first-order valence-corrected chi connectivity index (χ1v) is 6.82. The van der Waals surface area contributed by atoms with Gasteiger partial charge in [0.1, 0.15) is 0 Å². The number of hydrogen-bond donors (Lipinski definition) is 0. The monoisotopic (exact) mass is 238 g/mol. The molecule has 0 heteroatoms. The quantitative estimate of drug-likeness (QED) is 0.484. The Morgan fingerprint density at radius 3 is 1.18 bits per heavy atom. The van der Waals surface area contributed by atoms with Crippen LogP contribution in [0.1, 0.15) is 67.4 Å². The first-order valence-electron chi connectivity index (χ1n) is 6.82. The molecule has 0 unspecified atom stereocenters. The van der Waals surface area contributed by atoms with Gasteiger partial charge in [0.15, 0.2) is 0 Å². The molecule has 0 aliphatic rings. The van der Waals surface area contributed by atoms with Crippen LogP contribution in [0.3, 0.4) is 0 Å². The van der Waals surface area contributed by atoms with E-state index < -0.39 is 0 Å². The van der Waals surface area contributed by atoms with Gasteiger partial charge < -0.3 is 0 Å². The minimum Gasteiger partial charge on any atom is -0.0683 e. The van der Waals surface area contributed by atoms with Crippen molar-refractivity contribution in [3.63, 3.8) is 0 Å². The first kappa shape index (κ1) is 21.5. The highest BCUT2D eigenvalue weighted by Crippen LogP contribution is 2.08. The van der Waals surface area contributed by atoms with E-state index in [1.54, 1.807) is 0 Å². The lowest BCUT2D eigenvalue weighted by molar-refractivity contribution is 0.469. The summed E-state index contributed by atoms with van der Waals surface area (Å²) in [5, 5.41) is 0. The Morgan fingerprint density at radius 1 is 0.824 bits per heavy atom. The van der Waals surface area contributed by atoms with Gasteiger partial charge in [0.2, 0.25) is 0 Å². The van der Waals surface area contributed by atoms with Gasteiger partial charge >= 0.3 is 0 Å². The highest BCUT2D eigenvalue weighted by Gasteiger charge is 1.95. The van der Waals surface area contributed by atoms with Crippen LogP contribution in [0.4, 0.5) is 0 Å². The van der Waals surface area contributed by atoms with Crippen LogP contribution in [0.25, 0.3) is 0 Å². The molecular formula is C17H34. The second-order valence-corrected chi connectivity index (χ2v) is 5.36. The lowest BCUT2D eigenvalue weighted by Crippen LogP contribution is -1.93. The van der Waals surface area contributed by atoms with Gasteiger partial charge in [-0.1, -0.05) is 97.7 Å². The molecule has 0 nitrogen and oxygen atoms in total. The van der Waals surface area contributed by atoms with Crippen molar-refractivity contribution in [2.45, 2.75) is 68.7 Å². The van der Waals surface area contributed by atoms with E-state index >= 15 is 0 Å². The fourth-order valence-corrected chi connectivity index (χ4v) is 0.534. The molecule has 0 radical (unpaired) electrons. The van der Waals surface area contributed by atoms with E-state index in [0.29, 0.717) is 5.41 Å². The number of rotatable bonds is 0. The molecule has 0 bridgehead atoms. The predicted molar refractivity (Wildman–Crippen MR) is 83.6 cm³/mol. The second kappa shape index (κ2) is 15.2. The van der Waals surface area contributed by atoms with Crippen LogP contribution >= 0.6 is 0 Å². The maximum atomic E-state index is 2.19. The molecule has 0 saturated carbocycles. The lowest BCUT2D eigenvalue weighted by Gasteiger charge is -2.05. The van der Waals surface area contributed by atoms with Crippen LogP contribution in [-0.2, 0) is 0 Å². The number of benzene rings is 1. The predicted octanol–water partition coefficient (Wildman–Crippen LogP) is 6.49. The van der Waals surface area contributed by atoms with Crippen molar-refractivity contribution in [1.82, 2.24) is 0 Å². The molecule has 0 atom stereocenters. The van der Waals surface area contributed by atoms with E-state index in [9.17, 15) is 0 Å². The van der Waals surface area contributed by atoms with E-state index in [0.717, 1.165) is 0 Å². The lowest BCUT2D eigenvalue weighted by atomic mass is 10.0. The molecular weight excluding hydrogens is 204 g/mol. The second-order valence-electron chi connectivity index (χ2n) is 5.36. The SMILES string of the molecule is CC.CC(C)(C)C.CCC.Cc1ccccc1. The van der Waals surface area contributed by atoms with Crippen LogP contribution in [0.5, 0.6) is 0 Å². The Labute approximate surface area is 110 Å². The van der Waals surface area contributed by atoms with Crippen molar-refractivity contribution in [1.29, 1.82) is 0 Å². The Bertz CT molecular complexity index is 197. The molecule has 1 aromatic rings. The van der Waals surface area contributed by atoms with E-state index in [4.69, 9.17) is 0 Å². The third-order valence-electron chi connectivity index (χ3n) is 0.940. The Hall–Kier alpha value is -0.780. The van der Waals surface area contributed by atoms with Crippen LogP contribution < -0.4 is 0 Å². The summed E-state index contributed by atoms with van der Waals surface area (Å²) >= 11 is 0. The molecule has 0 aliphatic heterocycles. The third kappa shape index (κ3) is 51.0. The van der Waals surface area contributed by atoms with Crippen molar-refractivity contribution >= 4 is 0 Å². The fourth-order valence-electron chi connectivity index (χ4n) is 0.534. The Kier molecular flexibility index (Phi) is 19.2. The van der Waals surface area contributed by atoms with Gasteiger partial charge in [-0.25, -0.2) is 0 Å². The molecule has 0 aliphatic carbocycles. The largest absolute Gasteiger partial charge is 0.0683 e. The molecule has 1 aromatic carbocycles. The van der Waals surface area contributed by atoms with E-state index in [-0.39, 0.29) is 0 Å². The third-order valence-corrected chi connectivity index (χ3v) is 0.940. The topological polar surface area (TPSA) is 0 Å². The molecule has 0 aromatic heterocycles. The molecule has 0 fully saturated rings. The molecule has 0 amide bonds. The fraction of sp³-hybridized carbons (Fsp3) is 0.647. The smallest absolute Gasteiger partial charge is 0.0398 e. The summed E-state index contributed by atoms with van der Waals surface area (Å²) in [6, 6.07) is 10.3. The molecule has 1 rings (SSSR count). The van der Waals surface area contributed by atoms with Crippen molar-refractivity contribution in [3.05, 3.63) is 35.9 Å². The van der Waals surface area contributed by atoms with Crippen LogP contribution in [0.15, 0.2) is 30.3 Å². The zero-order chi connectivity index (χ0) is 14.3. The van der Waals surface area contributed by atoms with Gasteiger partial charge in [-0.2, -0.15) is 0 Å². The maximum absolute atomic E-state index is 2.19. The number of hydrogen-bond acceptors (Lipinski definition) is 0. The summed E-state index contributed by atoms with van der Waals surface area (Å²) in [4.78, 5) is 0. The summed E-state index contributed by atoms with van der Waals surface area (Å²) in [6.07, 6.45) is 1.25. The highest BCUT2D eigenvalue weighted by atomic mass is 14.0. The van der Waals surface area contributed by atoms with Gasteiger partial charge in [-0.3, -0.25) is 0 Å². The van der Waals surface area contributed by atoms with Gasteiger partial charge in [-0.05, 0) is 12.3 Å². The molecule has 0 spiro atoms. The van der Waals surface area contributed by atoms with E-state index in [1.165, 1.54) is 12.0 Å². The van der Waals surface area contributed by atoms with Crippen LogP contribution in [-0.4, -0.2) is 0 Å². The van der Waals surface area contributed by atoms with Gasteiger partial charge in [-0.15, -0.1) is 0 Å². The van der Waals surface area contributed by atoms with Gasteiger partial charge in [0.05, 0.1) is 0 Å². The Balaban J connectivity index is -0.000000174. The summed E-state index contributed by atoms with van der Waals surface area (Å²) in [7, 11) is 0. The van der Waals surface area contributed by atoms with Crippen LogP contribution in [0.2, 0.25) is 0 Å². The molecule has 17 heavy (non-hydrogen) atoms. The van der Waals surface area contributed by atoms with Crippen molar-refractivity contribution in [2.75, 3.05) is 0 Å². The van der Waals surface area contributed by atoms with Gasteiger partial charge in [0.25, 0.3) is 0 Å². The van der Waals surface area contributed by atoms with Crippen molar-refractivity contribution in [3.8, 4) is 0 Å². The summed E-state index contributed by atoms with van der Waals surface area (Å²) in [5.74, 6) is 0. The highest BCUT2D eigenvalue weighted by molar-refractivity contribution is 5.11. The number of aryl methyl sites for hydroxylation is 1. The van der Waals surface area contributed by atoms with Crippen molar-refractivity contribution < 1.29 is 0 Å². The summed E-state index contributed by atoms with van der Waals surface area (Å²) in [6.45, 7) is 19.1. The standard InChI is InChI=1S/C7H8.C5H12.C3H8.C2H6/c1-7-5-3-2-4-6-7;1-5(2,3)4;1-3-2;1-2/h2-6H,1H3;1-4H3;3H2,1-2H3;1-2H3. The van der Waals surface area contributed by atoms with Crippen LogP contribution in [0, 0.1) is 12.3 Å². The summed E-state index contributed by atoms with van der Waals surface area (Å²) in [5.41, 5.74) is 1.82. The van der Waals surface area contributed by atoms with E-state index in [1.807, 2.05) is 32.0 Å². The minimum absolute atomic E-state index is 0.500. The molecule has 0 saturated heterocycles. The maximum Gasteiger partial charge on any atom is -0.0398 e. The minimum atomic E-state index is 0.500. The average molecular weight is 238 g/mol. The van der Waals surface area contributed by atoms with E-state index in [2.05, 4.69) is 60.6 Å². The zero-order valence-electron chi connectivity index (χ0n) is 13.6. The molecule has 0 N–H and O–H groups in total. The summed E-state index contributed by atoms with van der Waals surface area (Å²) < 4.78 is 0.